The molecular weight excluding hydrogens is 538 g/mol. The molecule has 2 bridgehead atoms. The first kappa shape index (κ1) is 23.9. The summed E-state index contributed by atoms with van der Waals surface area (Å²) in [5.74, 6) is -0.284. The van der Waals surface area contributed by atoms with Crippen LogP contribution in [0, 0.1) is 23.7 Å². The van der Waals surface area contributed by atoms with E-state index in [0.717, 1.165) is 25.7 Å². The molecule has 2 aliphatic carbocycles. The number of hydrogen-bond acceptors (Lipinski definition) is 4. The number of hydrogen-bond donors (Lipinski definition) is 0. The van der Waals surface area contributed by atoms with Gasteiger partial charge in [-0.05, 0) is 36.8 Å². The van der Waals surface area contributed by atoms with Crippen LogP contribution in [-0.2, 0) is 14.4 Å². The van der Waals surface area contributed by atoms with Gasteiger partial charge in [-0.3, -0.25) is 14.4 Å². The number of unbranched alkanes of at least 4 members (excludes halogenated alkanes) is 6. The number of imide groups is 1. The molecular formula is C25H31Br2NO4. The third kappa shape index (κ3) is 4.56. The van der Waals surface area contributed by atoms with Crippen LogP contribution in [0.4, 0.5) is 5.69 Å². The van der Waals surface area contributed by atoms with E-state index >= 15 is 0 Å². The molecule has 174 valence electrons. The number of benzene rings is 1. The Labute approximate surface area is 206 Å². The summed E-state index contributed by atoms with van der Waals surface area (Å²) >= 11 is 7.43. The molecule has 0 spiro atoms. The van der Waals surface area contributed by atoms with Gasteiger partial charge in [0.2, 0.25) is 11.8 Å². The number of carbonyl (C=O) groups excluding carboxylic acids is 3. The van der Waals surface area contributed by atoms with Gasteiger partial charge in [0.15, 0.2) is 0 Å². The van der Waals surface area contributed by atoms with Crippen LogP contribution >= 0.6 is 31.9 Å². The second-order valence-corrected chi connectivity index (χ2v) is 11.5. The van der Waals surface area contributed by atoms with E-state index in [4.69, 9.17) is 4.74 Å². The fourth-order valence-electron chi connectivity index (χ4n) is 5.70. The summed E-state index contributed by atoms with van der Waals surface area (Å²) in [7, 11) is 0. The fraction of sp³-hybridized carbons (Fsp3) is 0.640. The van der Waals surface area contributed by atoms with E-state index in [-0.39, 0.29) is 51.1 Å². The molecule has 0 radical (unpaired) electrons. The third-order valence-electron chi connectivity index (χ3n) is 7.28. The topological polar surface area (TPSA) is 63.7 Å². The number of fused-ring (bicyclic) bond motifs is 5. The highest BCUT2D eigenvalue weighted by molar-refractivity contribution is 9.12. The summed E-state index contributed by atoms with van der Waals surface area (Å²) in [6.07, 6.45) is 9.28. The summed E-state index contributed by atoms with van der Waals surface area (Å²) in [6, 6.07) is 6.81. The number of halogens is 2. The molecule has 6 atom stereocenters. The fourth-order valence-corrected chi connectivity index (χ4v) is 7.57. The summed E-state index contributed by atoms with van der Waals surface area (Å²) < 4.78 is 5.51. The molecule has 4 rings (SSSR count). The highest BCUT2D eigenvalue weighted by Crippen LogP contribution is 2.60. The van der Waals surface area contributed by atoms with Crippen LogP contribution in [0.2, 0.25) is 0 Å². The lowest BCUT2D eigenvalue weighted by Crippen LogP contribution is -2.37. The zero-order valence-corrected chi connectivity index (χ0v) is 21.6. The Morgan fingerprint density at radius 1 is 0.969 bits per heavy atom. The van der Waals surface area contributed by atoms with Crippen molar-refractivity contribution in [2.24, 2.45) is 23.7 Å². The number of amides is 2. The van der Waals surface area contributed by atoms with Crippen molar-refractivity contribution >= 4 is 55.3 Å². The maximum absolute atomic E-state index is 13.2. The minimum Gasteiger partial charge on any atom is -0.426 e. The second kappa shape index (κ2) is 10.4. The van der Waals surface area contributed by atoms with Crippen molar-refractivity contribution in [3.63, 3.8) is 0 Å². The Hall–Kier alpha value is -1.21. The molecule has 0 aromatic heterocycles. The van der Waals surface area contributed by atoms with Crippen LogP contribution < -0.4 is 9.64 Å². The lowest BCUT2D eigenvalue weighted by Gasteiger charge is -2.28. The van der Waals surface area contributed by atoms with E-state index in [1.54, 1.807) is 24.3 Å². The van der Waals surface area contributed by atoms with Gasteiger partial charge in [-0.25, -0.2) is 4.90 Å². The highest BCUT2D eigenvalue weighted by atomic mass is 79.9. The third-order valence-corrected chi connectivity index (χ3v) is 10.5. The summed E-state index contributed by atoms with van der Waals surface area (Å²) in [4.78, 5) is 40.4. The molecule has 7 heteroatoms. The maximum Gasteiger partial charge on any atom is 0.311 e. The van der Waals surface area contributed by atoms with E-state index in [2.05, 4.69) is 38.8 Å². The van der Waals surface area contributed by atoms with E-state index < -0.39 is 0 Å². The zero-order chi connectivity index (χ0) is 22.8. The number of nitrogens with zero attached hydrogens (tertiary/aromatic N) is 1. The van der Waals surface area contributed by atoms with Crippen LogP contribution in [0.3, 0.4) is 0 Å². The van der Waals surface area contributed by atoms with Crippen LogP contribution in [-0.4, -0.2) is 27.4 Å². The quantitative estimate of drug-likeness (QED) is 0.114. The van der Waals surface area contributed by atoms with E-state index in [9.17, 15) is 14.4 Å². The predicted molar refractivity (Wildman–Crippen MR) is 131 cm³/mol. The van der Waals surface area contributed by atoms with Crippen LogP contribution in [0.15, 0.2) is 24.3 Å². The van der Waals surface area contributed by atoms with Gasteiger partial charge in [0, 0.05) is 22.1 Å². The molecule has 2 saturated carbocycles. The van der Waals surface area contributed by atoms with Gasteiger partial charge in [0.05, 0.1) is 17.5 Å². The minimum absolute atomic E-state index is 0.122. The first-order chi connectivity index (χ1) is 15.4. The minimum atomic E-state index is -0.269. The number of alkyl halides is 2. The number of rotatable bonds is 10. The van der Waals surface area contributed by atoms with Gasteiger partial charge in [0.25, 0.3) is 0 Å². The largest absolute Gasteiger partial charge is 0.426 e. The van der Waals surface area contributed by atoms with Crippen molar-refractivity contribution < 1.29 is 19.1 Å². The number of anilines is 1. The van der Waals surface area contributed by atoms with Crippen molar-refractivity contribution in [3.8, 4) is 5.75 Å². The maximum atomic E-state index is 13.2. The Balaban J connectivity index is 1.34. The number of esters is 1. The van der Waals surface area contributed by atoms with Gasteiger partial charge < -0.3 is 4.74 Å². The number of ether oxygens (including phenoxy) is 1. The van der Waals surface area contributed by atoms with Gasteiger partial charge in [-0.1, -0.05) is 83.4 Å². The lowest BCUT2D eigenvalue weighted by molar-refractivity contribution is -0.134. The molecule has 2 amide bonds. The predicted octanol–water partition coefficient (Wildman–Crippen LogP) is 6.02. The molecule has 32 heavy (non-hydrogen) atoms. The van der Waals surface area contributed by atoms with Gasteiger partial charge in [-0.15, -0.1) is 0 Å². The van der Waals surface area contributed by atoms with E-state index in [1.807, 2.05) is 0 Å². The molecule has 1 heterocycles. The van der Waals surface area contributed by atoms with Crippen LogP contribution in [0.1, 0.15) is 64.7 Å². The molecule has 0 N–H and O–H groups in total. The Morgan fingerprint density at radius 2 is 1.56 bits per heavy atom. The lowest BCUT2D eigenvalue weighted by atomic mass is 9.81. The summed E-state index contributed by atoms with van der Waals surface area (Å²) in [5.41, 5.74) is 0.493. The first-order valence-electron chi connectivity index (χ1n) is 11.9. The number of carbonyl (C=O) groups is 3. The molecule has 3 aliphatic rings. The van der Waals surface area contributed by atoms with E-state index in [0.29, 0.717) is 17.9 Å². The highest BCUT2D eigenvalue weighted by Gasteiger charge is 2.66. The molecule has 0 unspecified atom stereocenters. The molecule has 1 saturated heterocycles. The molecule has 1 aliphatic heterocycles. The monoisotopic (exact) mass is 567 g/mol. The van der Waals surface area contributed by atoms with Crippen LogP contribution in [0.25, 0.3) is 0 Å². The smallest absolute Gasteiger partial charge is 0.311 e. The van der Waals surface area contributed by atoms with Crippen molar-refractivity contribution in [1.82, 2.24) is 0 Å². The standard InChI is InChI=1S/C25H31Br2NO4/c1-2-3-4-5-6-7-8-12-19(29)32-16-11-9-10-15(13-16)28-24(30)20-17-14-18(21(20)25(28)31)23(27)22(17)26/h9-11,13,17-18,20-23H,2-8,12,14H2,1H3/t17-,18-,20-,21-,22+,23+/m1/s1. The molecule has 1 aromatic carbocycles. The van der Waals surface area contributed by atoms with Crippen molar-refractivity contribution in [3.05, 3.63) is 24.3 Å². The van der Waals surface area contributed by atoms with Gasteiger partial charge >= 0.3 is 5.97 Å². The summed E-state index contributed by atoms with van der Waals surface area (Å²) in [6.45, 7) is 2.20. The molecule has 3 fully saturated rings. The van der Waals surface area contributed by atoms with Gasteiger partial charge in [-0.2, -0.15) is 0 Å². The summed E-state index contributed by atoms with van der Waals surface area (Å²) in [5, 5.41) is 0. The Bertz CT molecular complexity index is 843. The van der Waals surface area contributed by atoms with E-state index in [1.165, 1.54) is 30.6 Å². The molecule has 5 nitrogen and oxygen atoms in total. The Morgan fingerprint density at radius 3 is 2.19 bits per heavy atom. The average molecular weight is 569 g/mol. The van der Waals surface area contributed by atoms with Crippen molar-refractivity contribution in [2.75, 3.05) is 4.90 Å². The SMILES string of the molecule is CCCCCCCCCC(=O)Oc1cccc(N2C(=O)[C@@H]3[C@H]4C[C@@H]([C@H](Br)[C@H]4Br)[C@H]3C2=O)c1. The average Bonchev–Trinajstić information content (AvgIpc) is 3.38. The zero-order valence-electron chi connectivity index (χ0n) is 18.5. The van der Waals surface area contributed by atoms with Gasteiger partial charge in [0.1, 0.15) is 5.75 Å². The Kier molecular flexibility index (Phi) is 7.76. The normalized spacial score (nSPS) is 30.8. The van der Waals surface area contributed by atoms with Crippen molar-refractivity contribution in [2.45, 2.75) is 74.4 Å². The molecule has 1 aromatic rings. The van der Waals surface area contributed by atoms with Crippen LogP contribution in [0.5, 0.6) is 5.75 Å². The second-order valence-electron chi connectivity index (χ2n) is 9.36. The first-order valence-corrected chi connectivity index (χ1v) is 13.7. The van der Waals surface area contributed by atoms with Crippen molar-refractivity contribution in [1.29, 1.82) is 0 Å².